The van der Waals surface area contributed by atoms with Crippen molar-refractivity contribution >= 4 is 49.0 Å². The van der Waals surface area contributed by atoms with Gasteiger partial charge in [0, 0.05) is 60.7 Å². The highest BCUT2D eigenvalue weighted by atomic mass is 32.2. The molecule has 13 heteroatoms. The van der Waals surface area contributed by atoms with Crippen LogP contribution in [0.25, 0.3) is 32.7 Å². The second-order valence-corrected chi connectivity index (χ2v) is 12.8. The van der Waals surface area contributed by atoms with Gasteiger partial charge in [0.2, 0.25) is 16.0 Å². The summed E-state index contributed by atoms with van der Waals surface area (Å²) in [5.41, 5.74) is 3.69. The van der Waals surface area contributed by atoms with E-state index in [9.17, 15) is 12.8 Å². The smallest absolute Gasteiger partial charge is 0.234 e. The van der Waals surface area contributed by atoms with Crippen molar-refractivity contribution in [1.82, 2.24) is 24.4 Å². The van der Waals surface area contributed by atoms with Gasteiger partial charge >= 0.3 is 0 Å². The van der Waals surface area contributed by atoms with Crippen LogP contribution in [0.2, 0.25) is 0 Å². The van der Waals surface area contributed by atoms with Crippen LogP contribution in [0.1, 0.15) is 6.92 Å². The van der Waals surface area contributed by atoms with Crippen LogP contribution in [0.15, 0.2) is 67.0 Å². The minimum atomic E-state index is -3.54. The van der Waals surface area contributed by atoms with Crippen molar-refractivity contribution in [1.29, 1.82) is 0 Å². The maximum absolute atomic E-state index is 13.6. The predicted octanol–water partition coefficient (Wildman–Crippen LogP) is 5.20. The van der Waals surface area contributed by atoms with Crippen molar-refractivity contribution < 1.29 is 17.5 Å². The lowest BCUT2D eigenvalue weighted by Crippen LogP contribution is -2.38. The third-order valence-electron chi connectivity index (χ3n) is 7.04. The summed E-state index contributed by atoms with van der Waals surface area (Å²) in [6.07, 6.45) is 3.74. The zero-order valence-electron chi connectivity index (χ0n) is 23.0. The summed E-state index contributed by atoms with van der Waals surface area (Å²) in [5.74, 6) is -0.0788. The minimum absolute atomic E-state index is 0.0863. The molecule has 6 rings (SSSR count). The average Bonchev–Trinajstić information content (AvgIpc) is 3.60. The summed E-state index contributed by atoms with van der Waals surface area (Å²) in [7, 11) is -3.54. The van der Waals surface area contributed by atoms with E-state index >= 15 is 0 Å². The Bertz CT molecular complexity index is 1800. The molecule has 10 nitrogen and oxygen atoms in total. The standard InChI is InChI=1S/C29H30FN7O3S2/c1-2-42(38,39)35-29-34-26(20-3-5-22(30)6-4-20)27(41-29)24-9-11-31-28(33-24)32-23-7-8-25-21(19-23)10-12-37(25)14-13-36-15-17-40-18-16-36/h3-12,19H,2,13-18H2,1H3,(H,34,35)(H,31,32,33). The number of ether oxygens (including phenoxy) is 1. The average molecular weight is 608 g/mol. The molecule has 0 unspecified atom stereocenters. The quantitative estimate of drug-likeness (QED) is 0.223. The number of fused-ring (bicyclic) bond motifs is 1. The van der Waals surface area contributed by atoms with Gasteiger partial charge < -0.3 is 14.6 Å². The number of aromatic nitrogens is 4. The van der Waals surface area contributed by atoms with Crippen LogP contribution in [0.4, 0.5) is 21.2 Å². The number of hydrogen-bond donors (Lipinski definition) is 2. The van der Waals surface area contributed by atoms with Crippen molar-refractivity contribution in [2.24, 2.45) is 0 Å². The fourth-order valence-corrected chi connectivity index (χ4v) is 6.58. The first-order valence-electron chi connectivity index (χ1n) is 13.6. The molecule has 0 saturated carbocycles. The fraction of sp³-hybridized carbons (Fsp3) is 0.276. The predicted molar refractivity (Wildman–Crippen MR) is 164 cm³/mol. The first kappa shape index (κ1) is 28.2. The molecular weight excluding hydrogens is 577 g/mol. The Hall–Kier alpha value is -3.91. The largest absolute Gasteiger partial charge is 0.379 e. The lowest BCUT2D eigenvalue weighted by atomic mass is 10.1. The van der Waals surface area contributed by atoms with Gasteiger partial charge in [-0.25, -0.2) is 27.8 Å². The second-order valence-electron chi connectivity index (χ2n) is 9.84. The molecule has 5 aromatic rings. The number of nitrogens with zero attached hydrogens (tertiary/aromatic N) is 5. The number of thiazole rings is 1. The van der Waals surface area contributed by atoms with E-state index in [0.29, 0.717) is 27.8 Å². The van der Waals surface area contributed by atoms with Crippen molar-refractivity contribution in [2.45, 2.75) is 13.5 Å². The van der Waals surface area contributed by atoms with Gasteiger partial charge in [0.15, 0.2) is 5.13 Å². The van der Waals surface area contributed by atoms with Gasteiger partial charge in [0.05, 0.1) is 35.2 Å². The van der Waals surface area contributed by atoms with Gasteiger partial charge in [0.1, 0.15) is 5.82 Å². The highest BCUT2D eigenvalue weighted by Crippen LogP contribution is 2.39. The number of anilines is 3. The Balaban J connectivity index is 1.24. The number of nitrogens with one attached hydrogen (secondary N) is 2. The van der Waals surface area contributed by atoms with Gasteiger partial charge in [-0.2, -0.15) is 0 Å². The summed E-state index contributed by atoms with van der Waals surface area (Å²) >= 11 is 1.16. The number of benzene rings is 2. The molecule has 2 N–H and O–H groups in total. The lowest BCUT2D eigenvalue weighted by Gasteiger charge is -2.26. The molecule has 0 amide bonds. The number of halogens is 1. The number of hydrogen-bond acceptors (Lipinski definition) is 9. The van der Waals surface area contributed by atoms with E-state index in [1.54, 1.807) is 31.3 Å². The van der Waals surface area contributed by atoms with Crippen molar-refractivity contribution in [2.75, 3.05) is 48.6 Å². The van der Waals surface area contributed by atoms with Crippen LogP contribution in [0.3, 0.4) is 0 Å². The van der Waals surface area contributed by atoms with Crippen molar-refractivity contribution in [3.05, 3.63) is 72.8 Å². The minimum Gasteiger partial charge on any atom is -0.379 e. The summed E-state index contributed by atoms with van der Waals surface area (Å²) in [6.45, 7) is 6.96. The molecular formula is C29H30FN7O3S2. The molecule has 2 aromatic carbocycles. The van der Waals surface area contributed by atoms with Crippen LogP contribution in [0, 0.1) is 5.82 Å². The fourth-order valence-electron chi connectivity index (χ4n) is 4.77. The lowest BCUT2D eigenvalue weighted by molar-refractivity contribution is 0.0365. The van der Waals surface area contributed by atoms with E-state index in [-0.39, 0.29) is 16.7 Å². The van der Waals surface area contributed by atoms with Gasteiger partial charge in [0.25, 0.3) is 0 Å². The van der Waals surface area contributed by atoms with Gasteiger partial charge in [-0.3, -0.25) is 9.62 Å². The SMILES string of the molecule is CCS(=O)(=O)Nc1nc(-c2ccc(F)cc2)c(-c2ccnc(Nc3ccc4c(ccn4CCN4CCOCC4)c3)n2)s1. The number of morpholine rings is 1. The Kier molecular flexibility index (Phi) is 8.16. The molecule has 0 atom stereocenters. The summed E-state index contributed by atoms with van der Waals surface area (Å²) in [6, 6.07) is 15.9. The Morgan fingerprint density at radius 3 is 2.62 bits per heavy atom. The van der Waals surface area contributed by atoms with Crippen LogP contribution in [0.5, 0.6) is 0 Å². The summed E-state index contributed by atoms with van der Waals surface area (Å²) < 4.78 is 48.3. The Labute approximate surface area is 247 Å². The second kappa shape index (κ2) is 12.1. The van der Waals surface area contributed by atoms with Gasteiger partial charge in [-0.15, -0.1) is 0 Å². The third kappa shape index (κ3) is 6.44. The normalized spacial score (nSPS) is 14.3. The molecule has 1 aliphatic rings. The first-order chi connectivity index (χ1) is 20.4. The van der Waals surface area contributed by atoms with E-state index in [1.165, 1.54) is 12.1 Å². The summed E-state index contributed by atoms with van der Waals surface area (Å²) in [5, 5.41) is 4.60. The molecule has 42 heavy (non-hydrogen) atoms. The molecule has 4 heterocycles. The van der Waals surface area contributed by atoms with Crippen LogP contribution in [-0.4, -0.2) is 71.4 Å². The van der Waals surface area contributed by atoms with Gasteiger partial charge in [-0.1, -0.05) is 11.3 Å². The van der Waals surface area contributed by atoms with Gasteiger partial charge in [-0.05, 0) is 61.5 Å². The number of sulfonamides is 1. The van der Waals surface area contributed by atoms with Crippen LogP contribution in [-0.2, 0) is 21.3 Å². The monoisotopic (exact) mass is 607 g/mol. The van der Waals surface area contributed by atoms with Crippen LogP contribution < -0.4 is 10.0 Å². The van der Waals surface area contributed by atoms with E-state index in [4.69, 9.17) is 9.72 Å². The highest BCUT2D eigenvalue weighted by Gasteiger charge is 2.20. The van der Waals surface area contributed by atoms with E-state index in [1.807, 2.05) is 6.07 Å². The molecule has 218 valence electrons. The molecule has 0 spiro atoms. The first-order valence-corrected chi connectivity index (χ1v) is 16.1. The zero-order chi connectivity index (χ0) is 29.1. The summed E-state index contributed by atoms with van der Waals surface area (Å²) in [4.78, 5) is 16.7. The molecule has 1 saturated heterocycles. The maximum Gasteiger partial charge on any atom is 0.234 e. The maximum atomic E-state index is 13.6. The highest BCUT2D eigenvalue weighted by molar-refractivity contribution is 7.92. The van der Waals surface area contributed by atoms with E-state index < -0.39 is 10.0 Å². The number of rotatable bonds is 10. The molecule has 0 radical (unpaired) electrons. The van der Waals surface area contributed by atoms with E-state index in [0.717, 1.165) is 67.3 Å². The Morgan fingerprint density at radius 2 is 1.83 bits per heavy atom. The topological polar surface area (TPSA) is 114 Å². The molecule has 1 fully saturated rings. The van der Waals surface area contributed by atoms with Crippen LogP contribution >= 0.6 is 11.3 Å². The van der Waals surface area contributed by atoms with Crippen molar-refractivity contribution in [3.8, 4) is 21.8 Å². The molecule has 0 bridgehead atoms. The van der Waals surface area contributed by atoms with E-state index in [2.05, 4.69) is 53.9 Å². The third-order valence-corrected chi connectivity index (χ3v) is 9.43. The Morgan fingerprint density at radius 1 is 1.02 bits per heavy atom. The zero-order valence-corrected chi connectivity index (χ0v) is 24.6. The molecule has 1 aliphatic heterocycles. The molecule has 3 aromatic heterocycles. The molecule has 0 aliphatic carbocycles. The van der Waals surface area contributed by atoms with Crippen molar-refractivity contribution in [3.63, 3.8) is 0 Å².